The van der Waals surface area contributed by atoms with Gasteiger partial charge in [0.25, 0.3) is 5.91 Å². The number of benzene rings is 1. The molecule has 1 aliphatic heterocycles. The lowest BCUT2D eigenvalue weighted by Crippen LogP contribution is -2.47. The number of aromatic nitrogens is 2. The third-order valence-electron chi connectivity index (χ3n) is 4.09. The molecule has 0 bridgehead atoms. The maximum atomic E-state index is 12.7. The minimum absolute atomic E-state index is 0.0361. The van der Waals surface area contributed by atoms with Gasteiger partial charge in [0.15, 0.2) is 5.69 Å². The molecule has 0 radical (unpaired) electrons. The zero-order valence-corrected chi connectivity index (χ0v) is 12.0. The molecule has 1 aromatic heterocycles. The zero-order chi connectivity index (χ0) is 14.1. The minimum atomic E-state index is 0.0361. The molecule has 1 aliphatic rings. The number of aromatic amines is 1. The number of likely N-dealkylation sites (tertiary alicyclic amines) is 1. The van der Waals surface area contributed by atoms with E-state index in [1.807, 2.05) is 29.2 Å². The Hall–Kier alpha value is -1.88. The van der Waals surface area contributed by atoms with E-state index in [9.17, 15) is 4.79 Å². The van der Waals surface area contributed by atoms with Crippen molar-refractivity contribution in [3.05, 3.63) is 30.0 Å². The Morgan fingerprint density at radius 1 is 1.40 bits per heavy atom. The average molecular weight is 272 g/mol. The van der Waals surface area contributed by atoms with Gasteiger partial charge in [-0.2, -0.15) is 5.10 Å². The van der Waals surface area contributed by atoms with Crippen molar-refractivity contribution < 1.29 is 4.79 Å². The second-order valence-electron chi connectivity index (χ2n) is 5.63. The number of piperidine rings is 1. The number of para-hydroxylation sites is 1. The van der Waals surface area contributed by atoms with Gasteiger partial charge >= 0.3 is 0 Å². The van der Waals surface area contributed by atoms with Crippen LogP contribution in [0.15, 0.2) is 24.3 Å². The number of carbonyl (C=O) groups is 1. The molecule has 3 rings (SSSR count). The van der Waals surface area contributed by atoms with Crippen LogP contribution in [-0.2, 0) is 0 Å². The van der Waals surface area contributed by atoms with Gasteiger partial charge in [-0.15, -0.1) is 0 Å². The first-order valence-corrected chi connectivity index (χ1v) is 7.05. The quantitative estimate of drug-likeness (QED) is 0.906. The Labute approximate surface area is 118 Å². The summed E-state index contributed by atoms with van der Waals surface area (Å²) in [5.41, 5.74) is 1.46. The first-order valence-electron chi connectivity index (χ1n) is 7.05. The Balaban J connectivity index is 1.85. The van der Waals surface area contributed by atoms with Gasteiger partial charge in [-0.1, -0.05) is 18.2 Å². The van der Waals surface area contributed by atoms with E-state index in [-0.39, 0.29) is 5.91 Å². The summed E-state index contributed by atoms with van der Waals surface area (Å²) in [6.45, 7) is 1.61. The Kier molecular flexibility index (Phi) is 3.44. The third kappa shape index (κ3) is 2.29. The number of H-pyrrole nitrogens is 1. The fourth-order valence-corrected chi connectivity index (χ4v) is 2.84. The number of nitrogens with zero attached hydrogens (tertiary/aromatic N) is 3. The normalized spacial score (nSPS) is 19.8. The summed E-state index contributed by atoms with van der Waals surface area (Å²) < 4.78 is 0. The summed E-state index contributed by atoms with van der Waals surface area (Å²) in [5.74, 6) is 0.0361. The van der Waals surface area contributed by atoms with Gasteiger partial charge in [-0.3, -0.25) is 9.89 Å². The average Bonchev–Trinajstić information content (AvgIpc) is 2.90. The second kappa shape index (κ2) is 5.25. The van der Waals surface area contributed by atoms with E-state index in [0.717, 1.165) is 36.8 Å². The van der Waals surface area contributed by atoms with Crippen LogP contribution in [0.5, 0.6) is 0 Å². The summed E-state index contributed by atoms with van der Waals surface area (Å²) in [6, 6.07) is 8.21. The van der Waals surface area contributed by atoms with E-state index in [0.29, 0.717) is 11.7 Å². The van der Waals surface area contributed by atoms with Crippen LogP contribution in [0.1, 0.15) is 23.3 Å². The monoisotopic (exact) mass is 272 g/mol. The lowest BCUT2D eigenvalue weighted by Gasteiger charge is -2.35. The molecule has 1 amide bonds. The van der Waals surface area contributed by atoms with E-state index in [1.165, 1.54) is 0 Å². The summed E-state index contributed by atoms with van der Waals surface area (Å²) in [4.78, 5) is 16.8. The van der Waals surface area contributed by atoms with Crippen LogP contribution in [0.2, 0.25) is 0 Å². The predicted molar refractivity (Wildman–Crippen MR) is 78.7 cm³/mol. The standard InChI is InChI=1S/C15H20N4O/c1-18(2)11-6-5-9-19(10-11)15(20)14-12-7-3-4-8-13(12)16-17-14/h3-4,7-8,11H,5-6,9-10H2,1-2H3,(H,16,17). The number of carbonyl (C=O) groups excluding carboxylic acids is 1. The molecule has 20 heavy (non-hydrogen) atoms. The van der Waals surface area contributed by atoms with E-state index < -0.39 is 0 Å². The molecular formula is C15H20N4O. The molecule has 2 aromatic rings. The van der Waals surface area contributed by atoms with Gasteiger partial charge in [-0.05, 0) is 33.0 Å². The maximum absolute atomic E-state index is 12.7. The highest BCUT2D eigenvalue weighted by Crippen LogP contribution is 2.20. The highest BCUT2D eigenvalue weighted by atomic mass is 16.2. The Bertz CT molecular complexity index is 619. The third-order valence-corrected chi connectivity index (χ3v) is 4.09. The van der Waals surface area contributed by atoms with Gasteiger partial charge in [-0.25, -0.2) is 0 Å². The van der Waals surface area contributed by atoms with Crippen LogP contribution in [0.25, 0.3) is 10.9 Å². The number of amides is 1. The molecular weight excluding hydrogens is 252 g/mol. The van der Waals surface area contributed by atoms with E-state index in [4.69, 9.17) is 0 Å². The van der Waals surface area contributed by atoms with E-state index in [2.05, 4.69) is 29.2 Å². The van der Waals surface area contributed by atoms with Crippen LogP contribution < -0.4 is 0 Å². The van der Waals surface area contributed by atoms with Gasteiger partial charge in [0.05, 0.1) is 5.52 Å². The molecule has 106 valence electrons. The van der Waals surface area contributed by atoms with Crippen LogP contribution in [-0.4, -0.2) is 59.1 Å². The molecule has 0 aliphatic carbocycles. The summed E-state index contributed by atoms with van der Waals surface area (Å²) in [5, 5.41) is 8.05. The molecule has 1 atom stereocenters. The van der Waals surface area contributed by atoms with E-state index in [1.54, 1.807) is 0 Å². The van der Waals surface area contributed by atoms with Gasteiger partial charge in [0, 0.05) is 24.5 Å². The summed E-state index contributed by atoms with van der Waals surface area (Å²) in [7, 11) is 4.14. The summed E-state index contributed by atoms with van der Waals surface area (Å²) >= 11 is 0. The van der Waals surface area contributed by atoms with Crippen LogP contribution >= 0.6 is 0 Å². The molecule has 0 saturated carbocycles. The highest BCUT2D eigenvalue weighted by molar-refractivity contribution is 6.04. The zero-order valence-electron chi connectivity index (χ0n) is 12.0. The number of nitrogens with one attached hydrogen (secondary N) is 1. The fourth-order valence-electron chi connectivity index (χ4n) is 2.84. The van der Waals surface area contributed by atoms with Gasteiger partial charge < -0.3 is 9.80 Å². The maximum Gasteiger partial charge on any atom is 0.275 e. The predicted octanol–water partition coefficient (Wildman–Crippen LogP) is 1.73. The van der Waals surface area contributed by atoms with Crippen molar-refractivity contribution in [1.82, 2.24) is 20.0 Å². The molecule has 5 heteroatoms. The Morgan fingerprint density at radius 2 is 2.20 bits per heavy atom. The number of hydrogen-bond donors (Lipinski definition) is 1. The van der Waals surface area contributed by atoms with Crippen molar-refractivity contribution in [3.63, 3.8) is 0 Å². The largest absolute Gasteiger partial charge is 0.336 e. The first kappa shape index (κ1) is 13.1. The first-order chi connectivity index (χ1) is 9.66. The van der Waals surface area contributed by atoms with Crippen molar-refractivity contribution in [2.24, 2.45) is 0 Å². The van der Waals surface area contributed by atoms with Gasteiger partial charge in [0.1, 0.15) is 0 Å². The van der Waals surface area contributed by atoms with Crippen LogP contribution in [0.4, 0.5) is 0 Å². The molecule has 1 N–H and O–H groups in total. The molecule has 1 unspecified atom stereocenters. The van der Waals surface area contributed by atoms with Crippen molar-refractivity contribution in [2.45, 2.75) is 18.9 Å². The van der Waals surface area contributed by atoms with Crippen LogP contribution in [0, 0.1) is 0 Å². The van der Waals surface area contributed by atoms with Crippen molar-refractivity contribution >= 4 is 16.8 Å². The fraction of sp³-hybridized carbons (Fsp3) is 0.467. The van der Waals surface area contributed by atoms with Crippen molar-refractivity contribution in [2.75, 3.05) is 27.2 Å². The number of hydrogen-bond acceptors (Lipinski definition) is 3. The number of rotatable bonds is 2. The van der Waals surface area contributed by atoms with Crippen molar-refractivity contribution in [3.8, 4) is 0 Å². The molecule has 1 fully saturated rings. The lowest BCUT2D eigenvalue weighted by atomic mass is 10.0. The molecule has 1 aromatic carbocycles. The molecule has 2 heterocycles. The number of likely N-dealkylation sites (N-methyl/N-ethyl adjacent to an activating group) is 1. The minimum Gasteiger partial charge on any atom is -0.336 e. The van der Waals surface area contributed by atoms with Crippen LogP contribution in [0.3, 0.4) is 0 Å². The number of fused-ring (bicyclic) bond motifs is 1. The molecule has 1 saturated heterocycles. The van der Waals surface area contributed by atoms with Gasteiger partial charge in [0.2, 0.25) is 0 Å². The topological polar surface area (TPSA) is 52.2 Å². The Morgan fingerprint density at radius 3 is 3.00 bits per heavy atom. The molecule has 5 nitrogen and oxygen atoms in total. The second-order valence-corrected chi connectivity index (χ2v) is 5.63. The summed E-state index contributed by atoms with van der Waals surface area (Å²) in [6.07, 6.45) is 2.20. The molecule has 0 spiro atoms. The van der Waals surface area contributed by atoms with E-state index >= 15 is 0 Å². The SMILES string of the molecule is CN(C)C1CCCN(C(=O)c2n[nH]c3ccccc23)C1. The lowest BCUT2D eigenvalue weighted by molar-refractivity contribution is 0.0631. The highest BCUT2D eigenvalue weighted by Gasteiger charge is 2.27. The smallest absolute Gasteiger partial charge is 0.275 e. The van der Waals surface area contributed by atoms with Crippen molar-refractivity contribution in [1.29, 1.82) is 0 Å².